The second-order valence-electron chi connectivity index (χ2n) is 5.66. The minimum atomic E-state index is -0.427. The number of carbonyl (C=O) groups is 1. The summed E-state index contributed by atoms with van der Waals surface area (Å²) in [6, 6.07) is 5.37. The molecule has 1 amide bonds. The number of benzene rings is 1. The molecule has 20 heavy (non-hydrogen) atoms. The highest BCUT2D eigenvalue weighted by Crippen LogP contribution is 2.36. The summed E-state index contributed by atoms with van der Waals surface area (Å²) in [5.41, 5.74) is 6.60. The molecular formula is C15H20Cl2N2O. The number of carbonyl (C=O) groups excluding carboxylic acids is 1. The zero-order chi connectivity index (χ0) is 14.8. The number of hydrogen-bond acceptors (Lipinski definition) is 2. The first-order valence-corrected chi connectivity index (χ1v) is 7.67. The van der Waals surface area contributed by atoms with Gasteiger partial charge in [-0.1, -0.05) is 35.7 Å². The van der Waals surface area contributed by atoms with Gasteiger partial charge in [0, 0.05) is 22.6 Å². The Bertz CT molecular complexity index is 507. The fourth-order valence-electron chi connectivity index (χ4n) is 2.71. The summed E-state index contributed by atoms with van der Waals surface area (Å²) in [6.45, 7) is 2.51. The van der Waals surface area contributed by atoms with E-state index < -0.39 is 5.41 Å². The van der Waals surface area contributed by atoms with Gasteiger partial charge in [-0.15, -0.1) is 0 Å². The quantitative estimate of drug-likeness (QED) is 0.896. The average Bonchev–Trinajstić information content (AvgIpc) is 2.73. The van der Waals surface area contributed by atoms with Crippen molar-refractivity contribution in [1.82, 2.24) is 5.32 Å². The van der Waals surface area contributed by atoms with E-state index in [1.807, 2.05) is 13.0 Å². The molecule has 0 spiro atoms. The van der Waals surface area contributed by atoms with E-state index in [-0.39, 0.29) is 11.9 Å². The fourth-order valence-corrected chi connectivity index (χ4v) is 3.22. The van der Waals surface area contributed by atoms with Crippen LogP contribution in [0, 0.1) is 5.41 Å². The van der Waals surface area contributed by atoms with Gasteiger partial charge in [0.05, 0.1) is 5.41 Å². The predicted octanol–water partition coefficient (Wildman–Crippen LogP) is 3.17. The van der Waals surface area contributed by atoms with Crippen LogP contribution in [0.4, 0.5) is 0 Å². The van der Waals surface area contributed by atoms with E-state index in [0.717, 1.165) is 24.8 Å². The van der Waals surface area contributed by atoms with Crippen LogP contribution in [0.3, 0.4) is 0 Å². The molecule has 1 saturated carbocycles. The van der Waals surface area contributed by atoms with E-state index in [1.165, 1.54) is 0 Å². The van der Waals surface area contributed by atoms with Gasteiger partial charge in [-0.2, -0.15) is 0 Å². The molecule has 0 bridgehead atoms. The molecule has 2 atom stereocenters. The standard InChI is InChI=1S/C15H20Cl2N2O/c1-15(7-2-3-13(15)18)14(20)19-8-6-10-4-5-11(16)9-12(10)17/h4-5,9,13H,2-3,6-8,18H2,1H3,(H,19,20). The lowest BCUT2D eigenvalue weighted by atomic mass is 9.84. The number of nitrogens with one attached hydrogen (secondary N) is 1. The molecule has 1 aromatic rings. The third kappa shape index (κ3) is 3.27. The van der Waals surface area contributed by atoms with Crippen LogP contribution in [0.25, 0.3) is 0 Å². The predicted molar refractivity (Wildman–Crippen MR) is 83.1 cm³/mol. The lowest BCUT2D eigenvalue weighted by Gasteiger charge is -2.27. The van der Waals surface area contributed by atoms with E-state index in [0.29, 0.717) is 23.0 Å². The molecule has 2 rings (SSSR count). The van der Waals surface area contributed by atoms with Crippen LogP contribution in [0.1, 0.15) is 31.7 Å². The summed E-state index contributed by atoms with van der Waals surface area (Å²) in [5.74, 6) is 0.0487. The lowest BCUT2D eigenvalue weighted by molar-refractivity contribution is -0.130. The van der Waals surface area contributed by atoms with Crippen molar-refractivity contribution in [3.8, 4) is 0 Å². The summed E-state index contributed by atoms with van der Waals surface area (Å²) in [5, 5.41) is 4.23. The van der Waals surface area contributed by atoms with Gasteiger partial charge in [0.2, 0.25) is 5.91 Å². The van der Waals surface area contributed by atoms with Gasteiger partial charge >= 0.3 is 0 Å². The molecular weight excluding hydrogens is 295 g/mol. The normalized spacial score (nSPS) is 25.7. The van der Waals surface area contributed by atoms with Crippen LogP contribution >= 0.6 is 23.2 Å². The second-order valence-corrected chi connectivity index (χ2v) is 6.50. The lowest BCUT2D eigenvalue weighted by Crippen LogP contribution is -2.47. The number of nitrogens with two attached hydrogens (primary N) is 1. The largest absolute Gasteiger partial charge is 0.355 e. The van der Waals surface area contributed by atoms with Crippen molar-refractivity contribution < 1.29 is 4.79 Å². The Balaban J connectivity index is 1.88. The smallest absolute Gasteiger partial charge is 0.227 e. The van der Waals surface area contributed by atoms with Gasteiger partial charge < -0.3 is 11.1 Å². The molecule has 0 radical (unpaired) electrons. The summed E-state index contributed by atoms with van der Waals surface area (Å²) in [4.78, 5) is 12.3. The van der Waals surface area contributed by atoms with Gasteiger partial charge in [-0.25, -0.2) is 0 Å². The molecule has 1 fully saturated rings. The van der Waals surface area contributed by atoms with Crippen LogP contribution in [0.5, 0.6) is 0 Å². The molecule has 0 aliphatic heterocycles. The van der Waals surface area contributed by atoms with Crippen molar-refractivity contribution in [2.75, 3.05) is 6.54 Å². The molecule has 0 aromatic heterocycles. The molecule has 1 aliphatic rings. The van der Waals surface area contributed by atoms with Crippen LogP contribution in [0.2, 0.25) is 10.0 Å². The molecule has 0 heterocycles. The Morgan fingerprint density at radius 2 is 2.25 bits per heavy atom. The van der Waals surface area contributed by atoms with Gasteiger partial charge in [0.25, 0.3) is 0 Å². The SMILES string of the molecule is CC1(C(=O)NCCc2ccc(Cl)cc2Cl)CCCC1N. The van der Waals surface area contributed by atoms with E-state index in [2.05, 4.69) is 5.32 Å². The second kappa shape index (κ2) is 6.33. The zero-order valence-electron chi connectivity index (χ0n) is 11.6. The van der Waals surface area contributed by atoms with E-state index >= 15 is 0 Å². The van der Waals surface area contributed by atoms with Crippen LogP contribution in [-0.2, 0) is 11.2 Å². The third-order valence-electron chi connectivity index (χ3n) is 4.24. The highest BCUT2D eigenvalue weighted by molar-refractivity contribution is 6.35. The Labute approximate surface area is 129 Å². The first-order chi connectivity index (χ1) is 9.43. The topological polar surface area (TPSA) is 55.1 Å². The molecule has 3 nitrogen and oxygen atoms in total. The van der Waals surface area contributed by atoms with Gasteiger partial charge in [-0.05, 0) is 43.9 Å². The van der Waals surface area contributed by atoms with Crippen molar-refractivity contribution in [2.45, 2.75) is 38.6 Å². The van der Waals surface area contributed by atoms with Crippen molar-refractivity contribution in [3.05, 3.63) is 33.8 Å². The van der Waals surface area contributed by atoms with Crippen molar-refractivity contribution in [2.24, 2.45) is 11.1 Å². The van der Waals surface area contributed by atoms with E-state index in [1.54, 1.807) is 12.1 Å². The first-order valence-electron chi connectivity index (χ1n) is 6.91. The van der Waals surface area contributed by atoms with Crippen LogP contribution < -0.4 is 11.1 Å². The molecule has 1 aliphatic carbocycles. The number of hydrogen-bond donors (Lipinski definition) is 2. The Morgan fingerprint density at radius 3 is 2.85 bits per heavy atom. The maximum atomic E-state index is 12.3. The summed E-state index contributed by atoms with van der Waals surface area (Å²) >= 11 is 12.0. The minimum absolute atomic E-state index is 0.0402. The van der Waals surface area contributed by atoms with Crippen molar-refractivity contribution >= 4 is 29.1 Å². The maximum Gasteiger partial charge on any atom is 0.227 e. The van der Waals surface area contributed by atoms with E-state index in [4.69, 9.17) is 28.9 Å². The van der Waals surface area contributed by atoms with Crippen molar-refractivity contribution in [1.29, 1.82) is 0 Å². The Morgan fingerprint density at radius 1 is 1.50 bits per heavy atom. The van der Waals surface area contributed by atoms with Gasteiger partial charge in [-0.3, -0.25) is 4.79 Å². The molecule has 1 aromatic carbocycles. The number of amides is 1. The molecule has 110 valence electrons. The third-order valence-corrected chi connectivity index (χ3v) is 4.83. The maximum absolute atomic E-state index is 12.3. The highest BCUT2D eigenvalue weighted by Gasteiger charge is 2.42. The molecule has 0 saturated heterocycles. The Hall–Kier alpha value is -0.770. The van der Waals surface area contributed by atoms with Gasteiger partial charge in [0.1, 0.15) is 0 Å². The van der Waals surface area contributed by atoms with Crippen LogP contribution in [0.15, 0.2) is 18.2 Å². The average molecular weight is 315 g/mol. The molecule has 2 unspecified atom stereocenters. The monoisotopic (exact) mass is 314 g/mol. The highest BCUT2D eigenvalue weighted by atomic mass is 35.5. The molecule has 3 N–H and O–H groups in total. The van der Waals surface area contributed by atoms with Crippen molar-refractivity contribution in [3.63, 3.8) is 0 Å². The van der Waals surface area contributed by atoms with Gasteiger partial charge in [0.15, 0.2) is 0 Å². The minimum Gasteiger partial charge on any atom is -0.355 e. The molecule has 5 heteroatoms. The Kier molecular flexibility index (Phi) is 4.95. The van der Waals surface area contributed by atoms with Crippen LogP contribution in [-0.4, -0.2) is 18.5 Å². The summed E-state index contributed by atoms with van der Waals surface area (Å²) < 4.78 is 0. The number of rotatable bonds is 4. The summed E-state index contributed by atoms with van der Waals surface area (Å²) in [6.07, 6.45) is 3.50. The number of halogens is 2. The fraction of sp³-hybridized carbons (Fsp3) is 0.533. The summed E-state index contributed by atoms with van der Waals surface area (Å²) in [7, 11) is 0. The zero-order valence-corrected chi connectivity index (χ0v) is 13.1. The first kappa shape index (κ1) is 15.6. The van der Waals surface area contributed by atoms with E-state index in [9.17, 15) is 4.79 Å².